The molecule has 0 saturated heterocycles. The van der Waals surface area contributed by atoms with E-state index in [1.807, 2.05) is 24.3 Å². The van der Waals surface area contributed by atoms with E-state index in [0.717, 1.165) is 5.69 Å². The first-order valence-electron chi connectivity index (χ1n) is 4.00. The zero-order chi connectivity index (χ0) is 9.52. The number of aromatic nitrogens is 1. The van der Waals surface area contributed by atoms with Gasteiger partial charge in [0.1, 0.15) is 6.61 Å². The van der Waals surface area contributed by atoms with Crippen LogP contribution in [0.5, 0.6) is 0 Å². The van der Waals surface area contributed by atoms with Gasteiger partial charge >= 0.3 is 5.97 Å². The van der Waals surface area contributed by atoms with Gasteiger partial charge in [0.25, 0.3) is 0 Å². The highest BCUT2D eigenvalue weighted by Crippen LogP contribution is 1.95. The number of hydrogen-bond acceptors (Lipinski definition) is 3. The van der Waals surface area contributed by atoms with Crippen LogP contribution in [-0.4, -0.2) is 17.6 Å². The quantitative estimate of drug-likeness (QED) is 0.659. The lowest BCUT2D eigenvalue weighted by Gasteiger charge is -1.94. The molecule has 0 fully saturated rings. The van der Waals surface area contributed by atoms with Gasteiger partial charge in [0.05, 0.1) is 5.69 Å². The number of pyridine rings is 1. The average molecular weight is 177 g/mol. The van der Waals surface area contributed by atoms with Crippen LogP contribution in [0.2, 0.25) is 0 Å². The maximum Gasteiger partial charge on any atom is 0.302 e. The molecule has 1 rings (SSSR count). The third-order valence-electron chi connectivity index (χ3n) is 1.36. The highest BCUT2D eigenvalue weighted by Gasteiger charge is 1.87. The molecule has 0 aliphatic rings. The van der Waals surface area contributed by atoms with Crippen molar-refractivity contribution < 1.29 is 9.53 Å². The van der Waals surface area contributed by atoms with Crippen LogP contribution in [0.1, 0.15) is 12.6 Å². The minimum Gasteiger partial charge on any atom is -0.462 e. The number of esters is 1. The lowest BCUT2D eigenvalue weighted by atomic mass is 10.3. The predicted molar refractivity (Wildman–Crippen MR) is 49.9 cm³/mol. The average Bonchev–Trinajstić information content (AvgIpc) is 2.14. The molecule has 3 nitrogen and oxygen atoms in total. The van der Waals surface area contributed by atoms with Crippen LogP contribution in [0, 0.1) is 0 Å². The van der Waals surface area contributed by atoms with Crippen molar-refractivity contribution >= 4 is 12.0 Å². The van der Waals surface area contributed by atoms with Gasteiger partial charge in [-0.1, -0.05) is 6.07 Å². The van der Waals surface area contributed by atoms with Gasteiger partial charge in [-0.2, -0.15) is 0 Å². The first-order chi connectivity index (χ1) is 6.29. The number of ether oxygens (including phenoxy) is 1. The Hall–Kier alpha value is -1.64. The van der Waals surface area contributed by atoms with Crippen molar-refractivity contribution in [2.24, 2.45) is 0 Å². The summed E-state index contributed by atoms with van der Waals surface area (Å²) < 4.78 is 4.71. The maximum absolute atomic E-state index is 10.4. The Morgan fingerprint density at radius 2 is 2.46 bits per heavy atom. The van der Waals surface area contributed by atoms with Crippen molar-refractivity contribution in [3.05, 3.63) is 36.2 Å². The molecule has 0 amide bonds. The largest absolute Gasteiger partial charge is 0.462 e. The molecule has 3 heteroatoms. The van der Waals surface area contributed by atoms with Gasteiger partial charge in [-0.15, -0.1) is 0 Å². The normalized spacial score (nSPS) is 10.2. The number of hydrogen-bond donors (Lipinski definition) is 0. The van der Waals surface area contributed by atoms with Crippen molar-refractivity contribution in [1.29, 1.82) is 0 Å². The molecule has 0 radical (unpaired) electrons. The molecule has 0 aliphatic carbocycles. The van der Waals surface area contributed by atoms with E-state index < -0.39 is 0 Å². The summed E-state index contributed by atoms with van der Waals surface area (Å²) in [5.74, 6) is -0.273. The summed E-state index contributed by atoms with van der Waals surface area (Å²) in [6.45, 7) is 1.68. The monoisotopic (exact) mass is 177 g/mol. The standard InChI is InChI=1S/C10H11NO2/c1-9(12)13-8-4-6-10-5-2-3-7-11-10/h2-7H,8H2,1H3. The fraction of sp³-hybridized carbons (Fsp3) is 0.200. The van der Waals surface area contributed by atoms with Gasteiger partial charge in [-0.25, -0.2) is 0 Å². The number of carbonyl (C=O) groups excluding carboxylic acids is 1. The van der Waals surface area contributed by atoms with Crippen molar-refractivity contribution in [2.45, 2.75) is 6.92 Å². The van der Waals surface area contributed by atoms with Gasteiger partial charge < -0.3 is 4.74 Å². The van der Waals surface area contributed by atoms with E-state index in [-0.39, 0.29) is 5.97 Å². The summed E-state index contributed by atoms with van der Waals surface area (Å²) >= 11 is 0. The van der Waals surface area contributed by atoms with Gasteiger partial charge in [0, 0.05) is 13.1 Å². The second kappa shape index (κ2) is 5.09. The third kappa shape index (κ3) is 4.06. The molecule has 1 aromatic rings. The van der Waals surface area contributed by atoms with E-state index in [9.17, 15) is 4.79 Å². The Bertz CT molecular complexity index is 293. The van der Waals surface area contributed by atoms with Gasteiger partial charge in [0.15, 0.2) is 0 Å². The molecule has 0 aliphatic heterocycles. The predicted octanol–water partition coefficient (Wildman–Crippen LogP) is 1.66. The van der Waals surface area contributed by atoms with E-state index in [0.29, 0.717) is 6.61 Å². The van der Waals surface area contributed by atoms with Crippen LogP contribution >= 0.6 is 0 Å². The molecule has 1 heterocycles. The zero-order valence-electron chi connectivity index (χ0n) is 7.43. The molecule has 0 aromatic carbocycles. The summed E-state index contributed by atoms with van der Waals surface area (Å²) in [6.07, 6.45) is 5.28. The number of rotatable bonds is 3. The molecule has 13 heavy (non-hydrogen) atoms. The van der Waals surface area contributed by atoms with Crippen molar-refractivity contribution in [1.82, 2.24) is 4.98 Å². The second-order valence-corrected chi connectivity index (χ2v) is 2.46. The van der Waals surface area contributed by atoms with Gasteiger partial charge in [-0.3, -0.25) is 9.78 Å². The van der Waals surface area contributed by atoms with Crippen LogP contribution in [0.4, 0.5) is 0 Å². The summed E-state index contributed by atoms with van der Waals surface area (Å²) in [5.41, 5.74) is 0.856. The highest BCUT2D eigenvalue weighted by atomic mass is 16.5. The Labute approximate surface area is 77.1 Å². The molecule has 0 N–H and O–H groups in total. The van der Waals surface area contributed by atoms with E-state index >= 15 is 0 Å². The third-order valence-corrected chi connectivity index (χ3v) is 1.36. The smallest absolute Gasteiger partial charge is 0.302 e. The summed E-state index contributed by atoms with van der Waals surface area (Å²) in [6, 6.07) is 5.63. The Kier molecular flexibility index (Phi) is 3.70. The minimum atomic E-state index is -0.273. The summed E-state index contributed by atoms with van der Waals surface area (Å²) in [4.78, 5) is 14.5. The molecule has 0 atom stereocenters. The molecule has 0 saturated carbocycles. The van der Waals surface area contributed by atoms with Crippen molar-refractivity contribution in [3.63, 3.8) is 0 Å². The van der Waals surface area contributed by atoms with Crippen LogP contribution < -0.4 is 0 Å². The highest BCUT2D eigenvalue weighted by molar-refractivity contribution is 5.66. The maximum atomic E-state index is 10.4. The minimum absolute atomic E-state index is 0.273. The van der Waals surface area contributed by atoms with Crippen LogP contribution in [-0.2, 0) is 9.53 Å². The Morgan fingerprint density at radius 1 is 1.62 bits per heavy atom. The summed E-state index contributed by atoms with van der Waals surface area (Å²) in [7, 11) is 0. The lowest BCUT2D eigenvalue weighted by molar-refractivity contribution is -0.139. The van der Waals surface area contributed by atoms with E-state index in [4.69, 9.17) is 4.74 Å². The number of nitrogens with zero attached hydrogens (tertiary/aromatic N) is 1. The fourth-order valence-electron chi connectivity index (χ4n) is 0.809. The molecule has 0 unspecified atom stereocenters. The molecule has 68 valence electrons. The molecular formula is C10H11NO2. The van der Waals surface area contributed by atoms with Gasteiger partial charge in [-0.05, 0) is 24.3 Å². The first-order valence-corrected chi connectivity index (χ1v) is 4.00. The SMILES string of the molecule is CC(=O)OCC=Cc1ccccn1. The van der Waals surface area contributed by atoms with Gasteiger partial charge in [0.2, 0.25) is 0 Å². The number of carbonyl (C=O) groups is 1. The Morgan fingerprint density at radius 3 is 3.08 bits per heavy atom. The topological polar surface area (TPSA) is 39.2 Å². The summed E-state index contributed by atoms with van der Waals surface area (Å²) in [5, 5.41) is 0. The van der Waals surface area contributed by atoms with Crippen LogP contribution in [0.3, 0.4) is 0 Å². The van der Waals surface area contributed by atoms with Crippen LogP contribution in [0.15, 0.2) is 30.5 Å². The van der Waals surface area contributed by atoms with E-state index in [1.54, 1.807) is 12.3 Å². The fourth-order valence-corrected chi connectivity index (χ4v) is 0.809. The van der Waals surface area contributed by atoms with Crippen molar-refractivity contribution in [2.75, 3.05) is 6.61 Å². The molecule has 0 bridgehead atoms. The van der Waals surface area contributed by atoms with Crippen molar-refractivity contribution in [3.8, 4) is 0 Å². The first kappa shape index (κ1) is 9.45. The van der Waals surface area contributed by atoms with Crippen LogP contribution in [0.25, 0.3) is 6.08 Å². The lowest BCUT2D eigenvalue weighted by Crippen LogP contribution is -1.97. The molecular weight excluding hydrogens is 166 g/mol. The molecule has 1 aromatic heterocycles. The Balaban J connectivity index is 2.37. The van der Waals surface area contributed by atoms with E-state index in [1.165, 1.54) is 6.92 Å². The molecule has 0 spiro atoms. The second-order valence-electron chi connectivity index (χ2n) is 2.46. The van der Waals surface area contributed by atoms with E-state index in [2.05, 4.69) is 4.98 Å². The zero-order valence-corrected chi connectivity index (χ0v) is 7.43.